The lowest BCUT2D eigenvalue weighted by atomic mass is 9.90. The quantitative estimate of drug-likeness (QED) is 0.344. The van der Waals surface area contributed by atoms with Crippen LogP contribution in [0, 0.1) is 10.8 Å². The number of allylic oxidation sites excluding steroid dienone is 1. The predicted molar refractivity (Wildman–Crippen MR) is 113 cm³/mol. The number of rotatable bonds is 8. The molecule has 1 aromatic carbocycles. The lowest BCUT2D eigenvalue weighted by molar-refractivity contribution is 0.151. The molecule has 0 saturated carbocycles. The molecule has 7 nitrogen and oxygen atoms in total. The summed E-state index contributed by atoms with van der Waals surface area (Å²) in [6, 6.07) is 6.89. The molecule has 0 aliphatic heterocycles. The predicted octanol–water partition coefficient (Wildman–Crippen LogP) is 4.47. The average Bonchev–Trinajstić information content (AvgIpc) is 2.57. The summed E-state index contributed by atoms with van der Waals surface area (Å²) in [5, 5.41) is 22.5. The van der Waals surface area contributed by atoms with Crippen LogP contribution in [0.4, 0.5) is 10.5 Å². The van der Waals surface area contributed by atoms with Gasteiger partial charge in [0.15, 0.2) is 0 Å². The summed E-state index contributed by atoms with van der Waals surface area (Å²) in [5.74, 6) is 0.733. The second-order valence-electron chi connectivity index (χ2n) is 6.76. The van der Waals surface area contributed by atoms with Crippen LogP contribution in [0.25, 0.3) is 0 Å². The van der Waals surface area contributed by atoms with Crippen LogP contribution in [0.15, 0.2) is 36.2 Å². The van der Waals surface area contributed by atoms with Crippen molar-refractivity contribution in [3.05, 3.63) is 36.2 Å². The Hall–Kier alpha value is -1.67. The van der Waals surface area contributed by atoms with Crippen LogP contribution in [0.5, 0.6) is 5.75 Å². The third-order valence-corrected chi connectivity index (χ3v) is 3.50. The maximum atomic E-state index is 12.0. The van der Waals surface area contributed by atoms with Crippen LogP contribution >= 0.6 is 34.8 Å². The second kappa shape index (κ2) is 10.8. The zero-order valence-corrected chi connectivity index (χ0v) is 18.1. The van der Waals surface area contributed by atoms with Gasteiger partial charge in [0.1, 0.15) is 24.8 Å². The van der Waals surface area contributed by atoms with Crippen molar-refractivity contribution < 1.29 is 19.4 Å². The third kappa shape index (κ3) is 10.0. The molecule has 0 radical (unpaired) electrons. The molecule has 4 N–H and O–H groups in total. The van der Waals surface area contributed by atoms with E-state index in [4.69, 9.17) is 54.8 Å². The van der Waals surface area contributed by atoms with Gasteiger partial charge in [0.05, 0.1) is 6.61 Å². The number of alkyl carbamates (subject to hydrolysis) is 1. The van der Waals surface area contributed by atoms with Gasteiger partial charge in [-0.2, -0.15) is 0 Å². The molecule has 0 unspecified atom stereocenters. The molecule has 0 saturated heterocycles. The minimum atomic E-state index is -1.73. The van der Waals surface area contributed by atoms with Gasteiger partial charge in [0.25, 0.3) is 0 Å². The second-order valence-corrected chi connectivity index (χ2v) is 9.28. The molecule has 1 rings (SSSR count). The van der Waals surface area contributed by atoms with Crippen molar-refractivity contribution in [2.75, 3.05) is 25.1 Å². The fourth-order valence-corrected chi connectivity index (χ4v) is 1.90. The van der Waals surface area contributed by atoms with Crippen molar-refractivity contribution in [1.82, 2.24) is 5.32 Å². The largest absolute Gasteiger partial charge is 0.491 e. The van der Waals surface area contributed by atoms with Crippen molar-refractivity contribution in [2.24, 2.45) is 5.41 Å². The maximum absolute atomic E-state index is 12.0. The molecule has 0 aromatic heterocycles. The van der Waals surface area contributed by atoms with Crippen LogP contribution in [-0.4, -0.2) is 40.5 Å². The standard InChI is InChI=1S/C18H24Cl3N3O4/c1-17(2,3)14(22)10-15(24-16(26)28-11-18(19,20)21)23-12-5-4-6-13(9-12)27-8-7-25/h4-6,9-10,22-23,25H,7-8,11H2,1-3H3,(H,24,26)/b15-10+,22-14?. The number of amides is 1. The normalized spacial score (nSPS) is 12.3. The Labute approximate surface area is 179 Å². The molecule has 0 bridgehead atoms. The van der Waals surface area contributed by atoms with Gasteiger partial charge >= 0.3 is 6.09 Å². The van der Waals surface area contributed by atoms with Crippen LogP contribution in [0.1, 0.15) is 20.8 Å². The number of carbonyl (C=O) groups excluding carboxylic acids is 1. The van der Waals surface area contributed by atoms with E-state index in [9.17, 15) is 4.79 Å². The number of anilines is 1. The number of hydrogen-bond donors (Lipinski definition) is 4. The average molecular weight is 453 g/mol. The number of nitrogens with one attached hydrogen (secondary N) is 3. The number of carbonyl (C=O) groups is 1. The Bertz CT molecular complexity index is 713. The zero-order valence-electron chi connectivity index (χ0n) is 15.8. The summed E-state index contributed by atoms with van der Waals surface area (Å²) in [6.45, 7) is 5.22. The van der Waals surface area contributed by atoms with E-state index >= 15 is 0 Å². The Morgan fingerprint density at radius 3 is 2.54 bits per heavy atom. The first-order chi connectivity index (χ1) is 12.9. The fourth-order valence-electron chi connectivity index (χ4n) is 1.74. The van der Waals surface area contributed by atoms with Crippen molar-refractivity contribution in [1.29, 1.82) is 5.41 Å². The summed E-state index contributed by atoms with van der Waals surface area (Å²) < 4.78 is 8.50. The maximum Gasteiger partial charge on any atom is 0.412 e. The SMILES string of the molecule is CC(C)(C)C(=N)/C=C(/NC(=O)OCC(Cl)(Cl)Cl)Nc1cccc(OCCO)c1. The van der Waals surface area contributed by atoms with E-state index in [1.54, 1.807) is 24.3 Å². The van der Waals surface area contributed by atoms with Gasteiger partial charge in [-0.25, -0.2) is 4.79 Å². The first kappa shape index (κ1) is 24.4. The van der Waals surface area contributed by atoms with Crippen molar-refractivity contribution in [3.8, 4) is 5.75 Å². The van der Waals surface area contributed by atoms with E-state index < -0.39 is 21.9 Å². The van der Waals surface area contributed by atoms with Crippen molar-refractivity contribution >= 4 is 52.3 Å². The molecule has 0 heterocycles. The lowest BCUT2D eigenvalue weighted by Crippen LogP contribution is -2.31. The molecule has 0 fully saturated rings. The molecule has 28 heavy (non-hydrogen) atoms. The number of halogens is 3. The number of aliphatic hydroxyl groups excluding tert-OH is 1. The third-order valence-electron chi connectivity index (χ3n) is 3.17. The molecule has 10 heteroatoms. The van der Waals surface area contributed by atoms with Crippen molar-refractivity contribution in [2.45, 2.75) is 24.6 Å². The van der Waals surface area contributed by atoms with Crippen LogP contribution in [-0.2, 0) is 4.74 Å². The summed E-state index contributed by atoms with van der Waals surface area (Å²) in [7, 11) is 0. The number of hydrogen-bond acceptors (Lipinski definition) is 6. The highest BCUT2D eigenvalue weighted by Gasteiger charge is 2.23. The van der Waals surface area contributed by atoms with Gasteiger partial charge in [-0.15, -0.1) is 0 Å². The summed E-state index contributed by atoms with van der Waals surface area (Å²) in [6.07, 6.45) is 0.622. The van der Waals surface area contributed by atoms with Crippen LogP contribution in [0.3, 0.4) is 0 Å². The highest BCUT2D eigenvalue weighted by Crippen LogP contribution is 2.26. The molecule has 0 atom stereocenters. The van der Waals surface area contributed by atoms with Gasteiger partial charge in [-0.05, 0) is 12.1 Å². The highest BCUT2D eigenvalue weighted by molar-refractivity contribution is 6.67. The molecule has 1 aromatic rings. The van der Waals surface area contributed by atoms with Gasteiger partial charge in [-0.1, -0.05) is 61.6 Å². The molecule has 156 valence electrons. The van der Waals surface area contributed by atoms with Crippen LogP contribution < -0.4 is 15.4 Å². The van der Waals surface area contributed by atoms with E-state index in [1.807, 2.05) is 20.8 Å². The lowest BCUT2D eigenvalue weighted by Gasteiger charge is -2.20. The van der Waals surface area contributed by atoms with Gasteiger partial charge < -0.3 is 25.3 Å². The van der Waals surface area contributed by atoms with Crippen molar-refractivity contribution in [3.63, 3.8) is 0 Å². The number of ether oxygens (including phenoxy) is 2. The topological polar surface area (TPSA) is 104 Å². The Morgan fingerprint density at radius 1 is 1.29 bits per heavy atom. The van der Waals surface area contributed by atoms with Gasteiger partial charge in [0, 0.05) is 29.0 Å². The molecule has 0 spiro atoms. The monoisotopic (exact) mass is 451 g/mol. The molecule has 1 amide bonds. The Morgan fingerprint density at radius 2 is 1.96 bits per heavy atom. The fraction of sp³-hybridized carbons (Fsp3) is 0.444. The van der Waals surface area contributed by atoms with Crippen LogP contribution in [0.2, 0.25) is 0 Å². The molecular formula is C18H24Cl3N3O4. The van der Waals surface area contributed by atoms with E-state index in [0.717, 1.165) is 0 Å². The number of alkyl halides is 3. The Balaban J connectivity index is 2.97. The first-order valence-corrected chi connectivity index (χ1v) is 9.46. The minimum Gasteiger partial charge on any atom is -0.491 e. The van der Waals surface area contributed by atoms with Gasteiger partial charge in [0.2, 0.25) is 3.79 Å². The van der Waals surface area contributed by atoms with E-state index in [2.05, 4.69) is 10.6 Å². The smallest absolute Gasteiger partial charge is 0.412 e. The summed E-state index contributed by atoms with van der Waals surface area (Å²) >= 11 is 16.7. The molecular weight excluding hydrogens is 429 g/mol. The summed E-state index contributed by atoms with van der Waals surface area (Å²) in [5.41, 5.74) is 0.414. The zero-order chi connectivity index (χ0) is 21.4. The summed E-state index contributed by atoms with van der Waals surface area (Å²) in [4.78, 5) is 12.0. The Kier molecular flexibility index (Phi) is 9.36. The molecule has 0 aliphatic carbocycles. The van der Waals surface area contributed by atoms with E-state index in [0.29, 0.717) is 11.4 Å². The minimum absolute atomic E-state index is 0.109. The van der Waals surface area contributed by atoms with E-state index in [-0.39, 0.29) is 24.7 Å². The highest BCUT2D eigenvalue weighted by atomic mass is 35.6. The number of benzene rings is 1. The molecule has 0 aliphatic rings. The van der Waals surface area contributed by atoms with E-state index in [1.165, 1.54) is 6.08 Å². The number of aliphatic hydroxyl groups is 1. The first-order valence-electron chi connectivity index (χ1n) is 8.33. The van der Waals surface area contributed by atoms with Gasteiger partial charge in [-0.3, -0.25) is 5.32 Å².